The lowest BCUT2D eigenvalue weighted by atomic mass is 10.1. The maximum atomic E-state index is 12.6. The van der Waals surface area contributed by atoms with Gasteiger partial charge in [-0.15, -0.1) is 11.3 Å². The monoisotopic (exact) mass is 341 g/mol. The molecule has 0 saturated carbocycles. The fourth-order valence-corrected chi connectivity index (χ4v) is 4.52. The Kier molecular flexibility index (Phi) is 3.84. The van der Waals surface area contributed by atoms with E-state index in [2.05, 4.69) is 24.0 Å². The van der Waals surface area contributed by atoms with Crippen LogP contribution < -0.4 is 0 Å². The molecule has 2 aliphatic heterocycles. The molecule has 0 N–H and O–H groups in total. The van der Waals surface area contributed by atoms with Crippen molar-refractivity contribution >= 4 is 23.2 Å². The van der Waals surface area contributed by atoms with Gasteiger partial charge in [0.25, 0.3) is 0 Å². The van der Waals surface area contributed by atoms with Crippen LogP contribution in [0.2, 0.25) is 0 Å². The molecular formula is C18H19N3O2S. The summed E-state index contributed by atoms with van der Waals surface area (Å²) < 4.78 is 0. The number of aromatic nitrogens is 1. The Bertz CT molecular complexity index is 801. The Hall–Kier alpha value is -2.21. The minimum absolute atomic E-state index is 0.0701. The molecule has 4 rings (SSSR count). The van der Waals surface area contributed by atoms with Crippen molar-refractivity contribution < 1.29 is 9.59 Å². The van der Waals surface area contributed by atoms with Gasteiger partial charge in [-0.25, -0.2) is 4.98 Å². The van der Waals surface area contributed by atoms with Crippen LogP contribution in [-0.2, 0) is 16.1 Å². The number of benzene rings is 1. The molecule has 24 heavy (non-hydrogen) atoms. The quantitative estimate of drug-likeness (QED) is 0.862. The largest absolute Gasteiger partial charge is 0.329 e. The standard InChI is InChI=1S/C18H19N3O2S/c1-12-5-2-3-6-14(12)17-19-9-13(24-17)10-20-11-16(22)21-8-4-7-15(21)18(20)23/h2-3,5-6,9,15H,4,7-8,10-11H2,1H3/t15-/m0/s1. The number of nitrogens with zero attached hydrogens (tertiary/aromatic N) is 3. The van der Waals surface area contributed by atoms with Gasteiger partial charge < -0.3 is 9.80 Å². The van der Waals surface area contributed by atoms with Crippen LogP contribution in [0.4, 0.5) is 0 Å². The van der Waals surface area contributed by atoms with Gasteiger partial charge in [0.15, 0.2) is 0 Å². The normalized spacial score (nSPS) is 20.6. The molecule has 0 spiro atoms. The van der Waals surface area contributed by atoms with Gasteiger partial charge in [0, 0.05) is 23.2 Å². The van der Waals surface area contributed by atoms with Gasteiger partial charge in [-0.05, 0) is 25.3 Å². The van der Waals surface area contributed by atoms with Gasteiger partial charge >= 0.3 is 0 Å². The highest BCUT2D eigenvalue weighted by Crippen LogP contribution is 2.30. The number of rotatable bonds is 3. The first kappa shape index (κ1) is 15.3. The molecule has 0 radical (unpaired) electrons. The summed E-state index contributed by atoms with van der Waals surface area (Å²) in [6.45, 7) is 3.45. The third-order valence-corrected chi connectivity index (χ3v) is 5.79. The molecule has 2 aromatic rings. The smallest absolute Gasteiger partial charge is 0.246 e. The summed E-state index contributed by atoms with van der Waals surface area (Å²) >= 11 is 1.59. The van der Waals surface area contributed by atoms with Crippen LogP contribution in [0.25, 0.3) is 10.6 Å². The van der Waals surface area contributed by atoms with Crippen LogP contribution in [0.3, 0.4) is 0 Å². The van der Waals surface area contributed by atoms with E-state index in [1.807, 2.05) is 18.3 Å². The van der Waals surface area contributed by atoms with Crippen LogP contribution in [0, 0.1) is 6.92 Å². The van der Waals surface area contributed by atoms with Crippen LogP contribution in [0.1, 0.15) is 23.3 Å². The molecule has 2 amide bonds. The second-order valence-corrected chi connectivity index (χ2v) is 7.50. The molecule has 124 valence electrons. The molecule has 5 nitrogen and oxygen atoms in total. The number of carbonyl (C=O) groups is 2. The predicted molar refractivity (Wildman–Crippen MR) is 92.4 cm³/mol. The molecule has 3 heterocycles. The highest BCUT2D eigenvalue weighted by Gasteiger charge is 2.41. The topological polar surface area (TPSA) is 53.5 Å². The van der Waals surface area contributed by atoms with Crippen molar-refractivity contribution in [2.45, 2.75) is 32.4 Å². The molecule has 1 atom stereocenters. The Balaban J connectivity index is 1.53. The summed E-state index contributed by atoms with van der Waals surface area (Å²) in [6.07, 6.45) is 3.54. The number of thiazole rings is 1. The number of hydrogen-bond donors (Lipinski definition) is 0. The molecule has 2 fully saturated rings. The molecule has 2 aliphatic rings. The minimum atomic E-state index is -0.241. The van der Waals surface area contributed by atoms with E-state index in [0.29, 0.717) is 6.54 Å². The number of amides is 2. The first-order chi connectivity index (χ1) is 11.6. The highest BCUT2D eigenvalue weighted by molar-refractivity contribution is 7.15. The van der Waals surface area contributed by atoms with Crippen molar-refractivity contribution in [3.8, 4) is 10.6 Å². The maximum absolute atomic E-state index is 12.6. The Morgan fingerprint density at radius 3 is 2.96 bits per heavy atom. The Morgan fingerprint density at radius 1 is 1.29 bits per heavy atom. The molecule has 0 aliphatic carbocycles. The third-order valence-electron chi connectivity index (χ3n) is 4.77. The summed E-state index contributed by atoms with van der Waals surface area (Å²) in [6, 6.07) is 7.90. The molecule has 2 saturated heterocycles. The van der Waals surface area contributed by atoms with Crippen molar-refractivity contribution in [1.29, 1.82) is 0 Å². The van der Waals surface area contributed by atoms with Crippen LogP contribution >= 0.6 is 11.3 Å². The first-order valence-corrected chi connectivity index (χ1v) is 9.04. The number of piperazine rings is 1. The average Bonchev–Trinajstić information content (AvgIpc) is 3.22. The van der Waals surface area contributed by atoms with Gasteiger partial charge in [-0.3, -0.25) is 9.59 Å². The van der Waals surface area contributed by atoms with Gasteiger partial charge in [0.1, 0.15) is 17.6 Å². The lowest BCUT2D eigenvalue weighted by Gasteiger charge is -2.36. The second-order valence-electron chi connectivity index (χ2n) is 6.39. The molecule has 0 bridgehead atoms. The fraction of sp³-hybridized carbons (Fsp3) is 0.389. The SMILES string of the molecule is Cc1ccccc1-c1ncc(CN2CC(=O)N3CCC[C@H]3C2=O)s1. The van der Waals surface area contributed by atoms with Crippen LogP contribution in [0.15, 0.2) is 30.5 Å². The van der Waals surface area contributed by atoms with Crippen LogP contribution in [0.5, 0.6) is 0 Å². The molecule has 1 aromatic carbocycles. The number of carbonyl (C=O) groups excluding carboxylic acids is 2. The van der Waals surface area contributed by atoms with Gasteiger partial charge in [0.2, 0.25) is 11.8 Å². The van der Waals surface area contributed by atoms with Crippen molar-refractivity contribution in [1.82, 2.24) is 14.8 Å². The summed E-state index contributed by atoms with van der Waals surface area (Å²) in [4.78, 5) is 33.8. The van der Waals surface area contributed by atoms with Crippen LogP contribution in [-0.4, -0.2) is 45.7 Å². The summed E-state index contributed by atoms with van der Waals surface area (Å²) in [5, 5.41) is 0.960. The zero-order valence-electron chi connectivity index (χ0n) is 13.6. The summed E-state index contributed by atoms with van der Waals surface area (Å²) in [5.41, 5.74) is 2.31. The van der Waals surface area contributed by atoms with Gasteiger partial charge in [-0.1, -0.05) is 24.3 Å². The Labute approximate surface area is 144 Å². The lowest BCUT2D eigenvalue weighted by molar-refractivity contribution is -0.154. The van der Waals surface area contributed by atoms with E-state index in [0.717, 1.165) is 34.8 Å². The summed E-state index contributed by atoms with van der Waals surface area (Å²) in [5.74, 6) is 0.152. The molecule has 1 aromatic heterocycles. The van der Waals surface area contributed by atoms with Crippen molar-refractivity contribution in [3.05, 3.63) is 40.9 Å². The van der Waals surface area contributed by atoms with Crippen molar-refractivity contribution in [2.75, 3.05) is 13.1 Å². The van der Waals surface area contributed by atoms with E-state index in [1.54, 1.807) is 21.1 Å². The molecule has 6 heteroatoms. The van der Waals surface area contributed by atoms with E-state index in [1.165, 1.54) is 5.56 Å². The maximum Gasteiger partial charge on any atom is 0.246 e. The van der Waals surface area contributed by atoms with E-state index >= 15 is 0 Å². The van der Waals surface area contributed by atoms with E-state index in [9.17, 15) is 9.59 Å². The average molecular weight is 341 g/mol. The zero-order chi connectivity index (χ0) is 16.7. The highest BCUT2D eigenvalue weighted by atomic mass is 32.1. The number of hydrogen-bond acceptors (Lipinski definition) is 4. The number of fused-ring (bicyclic) bond motifs is 1. The number of aryl methyl sites for hydroxylation is 1. The van der Waals surface area contributed by atoms with Gasteiger partial charge in [-0.2, -0.15) is 0 Å². The molecular weight excluding hydrogens is 322 g/mol. The van der Waals surface area contributed by atoms with Crippen molar-refractivity contribution in [2.24, 2.45) is 0 Å². The van der Waals surface area contributed by atoms with Crippen molar-refractivity contribution in [3.63, 3.8) is 0 Å². The predicted octanol–water partition coefficient (Wildman–Crippen LogP) is 2.45. The summed E-state index contributed by atoms with van der Waals surface area (Å²) in [7, 11) is 0. The molecule has 0 unspecified atom stereocenters. The third kappa shape index (κ3) is 2.60. The lowest BCUT2D eigenvalue weighted by Crippen LogP contribution is -2.56. The van der Waals surface area contributed by atoms with E-state index in [4.69, 9.17) is 0 Å². The van der Waals surface area contributed by atoms with E-state index < -0.39 is 0 Å². The Morgan fingerprint density at radius 2 is 2.12 bits per heavy atom. The van der Waals surface area contributed by atoms with E-state index in [-0.39, 0.29) is 24.4 Å². The second kappa shape index (κ2) is 6.02. The minimum Gasteiger partial charge on any atom is -0.329 e. The fourth-order valence-electron chi connectivity index (χ4n) is 3.50. The van der Waals surface area contributed by atoms with Gasteiger partial charge in [0.05, 0.1) is 6.54 Å². The zero-order valence-corrected chi connectivity index (χ0v) is 14.4. The first-order valence-electron chi connectivity index (χ1n) is 8.22.